The van der Waals surface area contributed by atoms with Crippen LogP contribution < -0.4 is 5.73 Å². The molecule has 2 aromatic carbocycles. The van der Waals surface area contributed by atoms with Crippen LogP contribution in [0, 0.1) is 0 Å². The smallest absolute Gasteiger partial charge is 0.168 e. The van der Waals surface area contributed by atoms with Crippen molar-refractivity contribution in [3.8, 4) is 0 Å². The second-order valence-electron chi connectivity index (χ2n) is 4.20. The number of ketones is 1. The lowest BCUT2D eigenvalue weighted by Crippen LogP contribution is -2.08. The summed E-state index contributed by atoms with van der Waals surface area (Å²) in [7, 11) is 0. The molecule has 2 nitrogen and oxygen atoms in total. The molecular formula is C15H13Cl2NO. The second-order valence-corrected chi connectivity index (χ2v) is 5.04. The molecule has 0 saturated heterocycles. The van der Waals surface area contributed by atoms with Crippen LogP contribution in [0.3, 0.4) is 0 Å². The van der Waals surface area contributed by atoms with Crippen molar-refractivity contribution in [1.29, 1.82) is 0 Å². The van der Waals surface area contributed by atoms with Gasteiger partial charge in [-0.05, 0) is 29.3 Å². The molecular weight excluding hydrogens is 281 g/mol. The highest BCUT2D eigenvalue weighted by Crippen LogP contribution is 2.22. The molecule has 0 aromatic heterocycles. The highest BCUT2D eigenvalue weighted by Gasteiger charge is 2.13. The third kappa shape index (κ3) is 3.35. The number of halogens is 2. The van der Waals surface area contributed by atoms with Crippen LogP contribution in [0.4, 0.5) is 0 Å². The van der Waals surface area contributed by atoms with Crippen molar-refractivity contribution in [2.75, 3.05) is 0 Å². The number of rotatable bonds is 4. The fourth-order valence-electron chi connectivity index (χ4n) is 1.91. The molecule has 2 rings (SSSR count). The number of nitrogens with two attached hydrogens (primary N) is 1. The molecule has 98 valence electrons. The molecule has 0 radical (unpaired) electrons. The molecule has 0 spiro atoms. The van der Waals surface area contributed by atoms with E-state index in [9.17, 15) is 4.79 Å². The van der Waals surface area contributed by atoms with E-state index in [0.29, 0.717) is 22.2 Å². The maximum absolute atomic E-state index is 12.3. The SMILES string of the molecule is NCc1ccccc1CC(=O)c1cc(Cl)ccc1Cl. The lowest BCUT2D eigenvalue weighted by atomic mass is 9.99. The normalized spacial score (nSPS) is 10.5. The van der Waals surface area contributed by atoms with E-state index in [1.54, 1.807) is 18.2 Å². The van der Waals surface area contributed by atoms with Gasteiger partial charge in [0.15, 0.2) is 5.78 Å². The first-order valence-corrected chi connectivity index (χ1v) is 6.62. The van der Waals surface area contributed by atoms with E-state index in [1.165, 1.54) is 0 Å². The van der Waals surface area contributed by atoms with Crippen LogP contribution in [0.25, 0.3) is 0 Å². The van der Waals surface area contributed by atoms with Crippen molar-refractivity contribution in [2.24, 2.45) is 5.73 Å². The summed E-state index contributed by atoms with van der Waals surface area (Å²) in [5.41, 5.74) is 7.99. The van der Waals surface area contributed by atoms with Crippen LogP contribution in [-0.2, 0) is 13.0 Å². The molecule has 19 heavy (non-hydrogen) atoms. The Labute approximate surface area is 122 Å². The van der Waals surface area contributed by atoms with Crippen LogP contribution >= 0.6 is 23.2 Å². The number of Topliss-reactive ketones (excluding diaryl/α,β-unsaturated/α-hetero) is 1. The zero-order valence-corrected chi connectivity index (χ0v) is 11.7. The lowest BCUT2D eigenvalue weighted by Gasteiger charge is -2.08. The van der Waals surface area contributed by atoms with Gasteiger partial charge in [-0.15, -0.1) is 0 Å². The summed E-state index contributed by atoms with van der Waals surface area (Å²) in [5, 5.41) is 0.916. The van der Waals surface area contributed by atoms with E-state index in [4.69, 9.17) is 28.9 Å². The molecule has 0 aliphatic heterocycles. The van der Waals surface area contributed by atoms with Gasteiger partial charge in [-0.3, -0.25) is 4.79 Å². The maximum atomic E-state index is 12.3. The standard InChI is InChI=1S/C15H13Cl2NO/c16-12-5-6-14(17)13(8-12)15(19)7-10-3-1-2-4-11(10)9-18/h1-6,8H,7,9,18H2. The van der Waals surface area contributed by atoms with Gasteiger partial charge < -0.3 is 5.73 Å². The second kappa shape index (κ2) is 6.20. The minimum absolute atomic E-state index is 0.0617. The molecule has 2 aromatic rings. The van der Waals surface area contributed by atoms with Crippen LogP contribution in [0.1, 0.15) is 21.5 Å². The molecule has 0 heterocycles. The molecule has 0 bridgehead atoms. The van der Waals surface area contributed by atoms with Crippen LogP contribution in [0.15, 0.2) is 42.5 Å². The summed E-state index contributed by atoms with van der Waals surface area (Å²) in [4.78, 5) is 12.3. The first-order valence-electron chi connectivity index (χ1n) is 5.87. The van der Waals surface area contributed by atoms with Crippen LogP contribution in [0.2, 0.25) is 10.0 Å². The predicted octanol–water partition coefficient (Wildman–Crippen LogP) is 3.88. The Hall–Kier alpha value is -1.35. The van der Waals surface area contributed by atoms with Gasteiger partial charge in [0.1, 0.15) is 0 Å². The van der Waals surface area contributed by atoms with Gasteiger partial charge in [0.05, 0.1) is 5.02 Å². The van der Waals surface area contributed by atoms with Crippen molar-refractivity contribution >= 4 is 29.0 Å². The van der Waals surface area contributed by atoms with Crippen molar-refractivity contribution in [3.63, 3.8) is 0 Å². The molecule has 4 heteroatoms. The minimum Gasteiger partial charge on any atom is -0.326 e. The average molecular weight is 294 g/mol. The summed E-state index contributed by atoms with van der Waals surface area (Å²) in [5.74, 6) is -0.0617. The fourth-order valence-corrected chi connectivity index (χ4v) is 2.30. The number of hydrogen-bond acceptors (Lipinski definition) is 2. The summed E-state index contributed by atoms with van der Waals surface area (Å²) >= 11 is 11.9. The Morgan fingerprint density at radius 2 is 1.74 bits per heavy atom. The van der Waals surface area contributed by atoms with Gasteiger partial charge >= 0.3 is 0 Å². The van der Waals surface area contributed by atoms with Gasteiger partial charge in [-0.1, -0.05) is 47.5 Å². The van der Waals surface area contributed by atoms with E-state index < -0.39 is 0 Å². The van der Waals surface area contributed by atoms with Gasteiger partial charge in [-0.25, -0.2) is 0 Å². The molecule has 0 amide bonds. The van der Waals surface area contributed by atoms with E-state index in [1.807, 2.05) is 24.3 Å². The van der Waals surface area contributed by atoms with Crippen LogP contribution in [-0.4, -0.2) is 5.78 Å². The van der Waals surface area contributed by atoms with E-state index in [0.717, 1.165) is 11.1 Å². The monoisotopic (exact) mass is 293 g/mol. The minimum atomic E-state index is -0.0617. The highest BCUT2D eigenvalue weighted by atomic mass is 35.5. The first-order chi connectivity index (χ1) is 9.11. The van der Waals surface area contributed by atoms with Crippen molar-refractivity contribution in [1.82, 2.24) is 0 Å². The first kappa shape index (κ1) is 14.1. The lowest BCUT2D eigenvalue weighted by molar-refractivity contribution is 0.0993. The van der Waals surface area contributed by atoms with E-state index in [2.05, 4.69) is 0 Å². The van der Waals surface area contributed by atoms with Gasteiger partial charge in [-0.2, -0.15) is 0 Å². The third-order valence-electron chi connectivity index (χ3n) is 2.92. The molecule has 0 unspecified atom stereocenters. The predicted molar refractivity (Wildman–Crippen MR) is 78.8 cm³/mol. The van der Waals surface area contributed by atoms with Crippen molar-refractivity contribution in [2.45, 2.75) is 13.0 Å². The van der Waals surface area contributed by atoms with Crippen molar-refractivity contribution < 1.29 is 4.79 Å². The average Bonchev–Trinajstić information content (AvgIpc) is 2.42. The summed E-state index contributed by atoms with van der Waals surface area (Å²) < 4.78 is 0. The Kier molecular flexibility index (Phi) is 4.59. The quantitative estimate of drug-likeness (QED) is 0.870. The molecule has 0 atom stereocenters. The Morgan fingerprint density at radius 3 is 2.42 bits per heavy atom. The Balaban J connectivity index is 2.28. The molecule has 0 fully saturated rings. The van der Waals surface area contributed by atoms with Crippen molar-refractivity contribution in [3.05, 3.63) is 69.2 Å². The fraction of sp³-hybridized carbons (Fsp3) is 0.133. The zero-order chi connectivity index (χ0) is 13.8. The van der Waals surface area contributed by atoms with Crippen LogP contribution in [0.5, 0.6) is 0 Å². The zero-order valence-electron chi connectivity index (χ0n) is 10.2. The summed E-state index contributed by atoms with van der Waals surface area (Å²) in [6.45, 7) is 0.409. The maximum Gasteiger partial charge on any atom is 0.168 e. The number of carbonyl (C=O) groups is 1. The van der Waals surface area contributed by atoms with Gasteiger partial charge in [0, 0.05) is 23.6 Å². The summed E-state index contributed by atoms with van der Waals surface area (Å²) in [6.07, 6.45) is 0.271. The Bertz CT molecular complexity index is 611. The van der Waals surface area contributed by atoms with E-state index in [-0.39, 0.29) is 12.2 Å². The summed E-state index contributed by atoms with van der Waals surface area (Å²) in [6, 6.07) is 12.5. The number of benzene rings is 2. The highest BCUT2D eigenvalue weighted by molar-refractivity contribution is 6.35. The topological polar surface area (TPSA) is 43.1 Å². The molecule has 0 aliphatic rings. The number of carbonyl (C=O) groups excluding carboxylic acids is 1. The van der Waals surface area contributed by atoms with Gasteiger partial charge in [0.2, 0.25) is 0 Å². The van der Waals surface area contributed by atoms with E-state index >= 15 is 0 Å². The molecule has 0 aliphatic carbocycles. The Morgan fingerprint density at radius 1 is 1.05 bits per heavy atom. The van der Waals surface area contributed by atoms with Gasteiger partial charge in [0.25, 0.3) is 0 Å². The largest absolute Gasteiger partial charge is 0.326 e. The molecule has 0 saturated carbocycles. The molecule has 2 N–H and O–H groups in total. The third-order valence-corrected chi connectivity index (χ3v) is 3.48. The number of hydrogen-bond donors (Lipinski definition) is 1.